The molecule has 5 heterocycles. The van der Waals surface area contributed by atoms with Crippen LogP contribution in [-0.2, 0) is 4.74 Å². The van der Waals surface area contributed by atoms with Gasteiger partial charge in [-0.3, -0.25) is 0 Å². The van der Waals surface area contributed by atoms with Crippen molar-refractivity contribution in [1.82, 2.24) is 24.8 Å². The van der Waals surface area contributed by atoms with E-state index in [0.29, 0.717) is 60.7 Å². The third-order valence-corrected chi connectivity index (χ3v) is 6.45. The predicted octanol–water partition coefficient (Wildman–Crippen LogP) is 3.33. The fourth-order valence-corrected chi connectivity index (χ4v) is 4.36. The predicted molar refractivity (Wildman–Crippen MR) is 131 cm³/mol. The summed E-state index contributed by atoms with van der Waals surface area (Å²) in [7, 11) is 0. The maximum atomic E-state index is 15.4. The van der Waals surface area contributed by atoms with Crippen LogP contribution in [0.25, 0.3) is 16.7 Å². The van der Waals surface area contributed by atoms with Gasteiger partial charge in [0.15, 0.2) is 11.6 Å². The van der Waals surface area contributed by atoms with E-state index in [2.05, 4.69) is 25.6 Å². The Morgan fingerprint density at radius 1 is 1.11 bits per heavy atom. The van der Waals surface area contributed by atoms with Gasteiger partial charge in [-0.15, -0.1) is 0 Å². The van der Waals surface area contributed by atoms with Crippen molar-refractivity contribution < 1.29 is 18.3 Å². The molecule has 0 unspecified atom stereocenters. The Morgan fingerprint density at radius 2 is 1.94 bits per heavy atom. The number of halogens is 2. The van der Waals surface area contributed by atoms with Crippen LogP contribution < -0.4 is 20.3 Å². The molecule has 2 fully saturated rings. The zero-order valence-corrected chi connectivity index (χ0v) is 19.7. The Labute approximate surface area is 206 Å². The highest BCUT2D eigenvalue weighted by atomic mass is 19.1. The van der Waals surface area contributed by atoms with Crippen LogP contribution in [0, 0.1) is 18.6 Å². The summed E-state index contributed by atoms with van der Waals surface area (Å²) in [5, 5.41) is 7.02. The van der Waals surface area contributed by atoms with Gasteiger partial charge in [-0.1, -0.05) is 0 Å². The van der Waals surface area contributed by atoms with E-state index in [4.69, 9.17) is 9.47 Å². The number of rotatable bonds is 6. The minimum absolute atomic E-state index is 0.0125. The molecule has 1 aromatic carbocycles. The molecule has 3 aromatic heterocycles. The molecule has 2 aliphatic rings. The van der Waals surface area contributed by atoms with Gasteiger partial charge in [-0.2, -0.15) is 4.98 Å². The Hall–Kier alpha value is -3.83. The van der Waals surface area contributed by atoms with Crippen molar-refractivity contribution in [3.63, 3.8) is 0 Å². The molecule has 0 amide bonds. The highest BCUT2D eigenvalue weighted by molar-refractivity contribution is 5.79. The standard InChI is InChI=1S/C25H25F2N7O2/c1-15-20(10-19(26)23(22(15)27)33-6-8-35-9-7-33)34-5-4-16-11-30-25(32-24(16)34)31-17-2-3-21(29-12-17)36-18-13-28-14-18/h2-5,10-12,18,28H,6-9,13-14H2,1H3,(H,30,31,32). The topological polar surface area (TPSA) is 89.4 Å². The van der Waals surface area contributed by atoms with Crippen LogP contribution in [0.2, 0.25) is 0 Å². The van der Waals surface area contributed by atoms with E-state index in [-0.39, 0.29) is 11.8 Å². The van der Waals surface area contributed by atoms with Gasteiger partial charge in [-0.25, -0.2) is 18.7 Å². The molecule has 0 atom stereocenters. The maximum absolute atomic E-state index is 15.4. The third kappa shape index (κ3) is 4.20. The third-order valence-electron chi connectivity index (χ3n) is 6.45. The molecule has 2 aliphatic heterocycles. The highest BCUT2D eigenvalue weighted by Gasteiger charge is 2.24. The second-order valence-corrected chi connectivity index (χ2v) is 8.83. The number of benzene rings is 1. The van der Waals surface area contributed by atoms with Crippen LogP contribution in [0.15, 0.2) is 42.9 Å². The number of hydrogen-bond donors (Lipinski definition) is 2. The monoisotopic (exact) mass is 493 g/mol. The highest BCUT2D eigenvalue weighted by Crippen LogP contribution is 2.32. The molecule has 186 valence electrons. The van der Waals surface area contributed by atoms with Gasteiger partial charge in [0.1, 0.15) is 17.4 Å². The van der Waals surface area contributed by atoms with Crippen LogP contribution in [0.1, 0.15) is 5.56 Å². The van der Waals surface area contributed by atoms with Crippen molar-refractivity contribution in [3.05, 3.63) is 60.1 Å². The second-order valence-electron chi connectivity index (χ2n) is 8.83. The largest absolute Gasteiger partial charge is 0.472 e. The van der Waals surface area contributed by atoms with Crippen molar-refractivity contribution >= 4 is 28.4 Å². The van der Waals surface area contributed by atoms with Crippen LogP contribution in [0.4, 0.5) is 26.1 Å². The van der Waals surface area contributed by atoms with Gasteiger partial charge < -0.3 is 29.6 Å². The molecular weight excluding hydrogens is 468 g/mol. The normalized spacial score (nSPS) is 16.2. The Bertz CT molecular complexity index is 1400. The quantitative estimate of drug-likeness (QED) is 0.423. The van der Waals surface area contributed by atoms with E-state index in [1.54, 1.807) is 41.0 Å². The zero-order chi connectivity index (χ0) is 24.6. The molecule has 36 heavy (non-hydrogen) atoms. The van der Waals surface area contributed by atoms with Crippen molar-refractivity contribution in [2.24, 2.45) is 0 Å². The lowest BCUT2D eigenvalue weighted by molar-refractivity contribution is 0.122. The minimum Gasteiger partial charge on any atom is -0.472 e. The molecule has 0 bridgehead atoms. The summed E-state index contributed by atoms with van der Waals surface area (Å²) in [6.45, 7) is 5.06. The fourth-order valence-electron chi connectivity index (χ4n) is 4.36. The van der Waals surface area contributed by atoms with Crippen molar-refractivity contribution in [2.45, 2.75) is 13.0 Å². The Morgan fingerprint density at radius 3 is 2.67 bits per heavy atom. The molecule has 11 heteroatoms. The molecule has 4 aromatic rings. The first-order valence-electron chi connectivity index (χ1n) is 11.8. The molecule has 2 saturated heterocycles. The number of nitrogens with zero attached hydrogens (tertiary/aromatic N) is 5. The summed E-state index contributed by atoms with van der Waals surface area (Å²) in [5.41, 5.74) is 1.93. The van der Waals surface area contributed by atoms with Gasteiger partial charge in [0, 0.05) is 61.7 Å². The van der Waals surface area contributed by atoms with E-state index in [9.17, 15) is 0 Å². The molecular formula is C25H25F2N7O2. The summed E-state index contributed by atoms with van der Waals surface area (Å²) >= 11 is 0. The summed E-state index contributed by atoms with van der Waals surface area (Å²) in [4.78, 5) is 15.0. The number of ether oxygens (including phenoxy) is 2. The summed E-state index contributed by atoms with van der Waals surface area (Å²) < 4.78 is 43.3. The molecule has 6 rings (SSSR count). The van der Waals surface area contributed by atoms with E-state index in [0.717, 1.165) is 18.5 Å². The van der Waals surface area contributed by atoms with E-state index >= 15 is 8.78 Å². The summed E-state index contributed by atoms with van der Waals surface area (Å²) in [6.07, 6.45) is 5.20. The van der Waals surface area contributed by atoms with Crippen LogP contribution in [0.3, 0.4) is 0 Å². The maximum Gasteiger partial charge on any atom is 0.229 e. The lowest BCUT2D eigenvalue weighted by Gasteiger charge is -2.30. The lowest BCUT2D eigenvalue weighted by atomic mass is 10.1. The number of morpholine rings is 1. The lowest BCUT2D eigenvalue weighted by Crippen LogP contribution is -2.50. The SMILES string of the molecule is Cc1c(-n2ccc3cnc(Nc4ccc(OC5CNC5)nc4)nc32)cc(F)c(N2CCOCC2)c1F. The van der Waals surface area contributed by atoms with E-state index in [1.165, 1.54) is 6.07 Å². The van der Waals surface area contributed by atoms with Crippen LogP contribution in [-0.4, -0.2) is 65.0 Å². The van der Waals surface area contributed by atoms with Crippen molar-refractivity contribution in [2.75, 3.05) is 49.6 Å². The Balaban J connectivity index is 1.29. The van der Waals surface area contributed by atoms with Gasteiger partial charge in [0.2, 0.25) is 11.8 Å². The molecule has 0 radical (unpaired) electrons. The smallest absolute Gasteiger partial charge is 0.229 e. The van der Waals surface area contributed by atoms with Crippen molar-refractivity contribution in [3.8, 4) is 11.6 Å². The summed E-state index contributed by atoms with van der Waals surface area (Å²) in [6, 6.07) is 6.79. The number of fused-ring (bicyclic) bond motifs is 1. The molecule has 0 spiro atoms. The first-order valence-corrected chi connectivity index (χ1v) is 11.8. The minimum atomic E-state index is -0.615. The molecule has 0 aliphatic carbocycles. The van der Waals surface area contributed by atoms with Crippen molar-refractivity contribution in [1.29, 1.82) is 0 Å². The average Bonchev–Trinajstić information content (AvgIpc) is 3.28. The van der Waals surface area contributed by atoms with Gasteiger partial charge in [0.25, 0.3) is 0 Å². The first kappa shape index (κ1) is 22.6. The molecule has 0 saturated carbocycles. The van der Waals surface area contributed by atoms with Crippen LogP contribution in [0.5, 0.6) is 5.88 Å². The van der Waals surface area contributed by atoms with E-state index < -0.39 is 11.6 Å². The number of pyridine rings is 1. The zero-order valence-electron chi connectivity index (χ0n) is 19.7. The number of aromatic nitrogens is 4. The average molecular weight is 494 g/mol. The fraction of sp³-hybridized carbons (Fsp3) is 0.320. The molecule has 2 N–H and O–H groups in total. The second kappa shape index (κ2) is 9.32. The number of anilines is 3. The first-order chi connectivity index (χ1) is 17.6. The summed E-state index contributed by atoms with van der Waals surface area (Å²) in [5.74, 6) is -0.301. The van der Waals surface area contributed by atoms with Gasteiger partial charge in [0.05, 0.1) is 30.8 Å². The van der Waals surface area contributed by atoms with E-state index in [1.807, 2.05) is 12.1 Å². The number of nitrogens with one attached hydrogen (secondary N) is 2. The number of hydrogen-bond acceptors (Lipinski definition) is 8. The van der Waals surface area contributed by atoms with Gasteiger partial charge >= 0.3 is 0 Å². The molecule has 9 nitrogen and oxygen atoms in total. The van der Waals surface area contributed by atoms with Crippen LogP contribution >= 0.6 is 0 Å². The van der Waals surface area contributed by atoms with Gasteiger partial charge in [-0.05, 0) is 19.1 Å². The Kier molecular flexibility index (Phi) is 5.86.